The van der Waals surface area contributed by atoms with E-state index in [1.165, 1.54) is 34.4 Å². The summed E-state index contributed by atoms with van der Waals surface area (Å²) in [5, 5.41) is 21.3. The summed E-state index contributed by atoms with van der Waals surface area (Å²) in [6.45, 7) is 4.00. The lowest BCUT2D eigenvalue weighted by Gasteiger charge is -2.54. The molecule has 0 radical (unpaired) electrons. The standard InChI is InChI=1S/C38H46F3NO3S/c1-37-23-33(36-31-15-13-30(43)22-28(31)10-14-32(36)34(37)16-17-35(37)44)27-8-4-25(5-9-27)18-20-42(2)19-3-21-46(45)24-26-6-11-29(12-7-26)38(39,40)41/h4-9,11-13,15,22,32-36,43-44H,3,10,14,16-21,23-24H2,1-2H3/t32?,33-,34?,35?,36?,37?,46?/m1/s1. The van der Waals surface area contributed by atoms with Gasteiger partial charge in [-0.15, -0.1) is 0 Å². The van der Waals surface area contributed by atoms with Crippen LogP contribution in [0.25, 0.3) is 0 Å². The number of aryl methyl sites for hydroxylation is 1. The van der Waals surface area contributed by atoms with E-state index in [-0.39, 0.29) is 17.3 Å². The zero-order valence-electron chi connectivity index (χ0n) is 26.8. The van der Waals surface area contributed by atoms with Crippen LogP contribution in [0.1, 0.15) is 84.2 Å². The van der Waals surface area contributed by atoms with Gasteiger partial charge in [-0.05, 0) is 140 Å². The fourth-order valence-corrected chi connectivity index (χ4v) is 10.1. The minimum Gasteiger partial charge on any atom is -0.508 e. The first-order valence-electron chi connectivity index (χ1n) is 16.7. The Balaban J connectivity index is 1.04. The van der Waals surface area contributed by atoms with Crippen molar-refractivity contribution in [3.05, 3.63) is 100 Å². The molecular formula is C38H46F3NO3S. The molecule has 0 aromatic heterocycles. The molecule has 6 rings (SSSR count). The monoisotopic (exact) mass is 653 g/mol. The summed E-state index contributed by atoms with van der Waals surface area (Å²) in [6, 6.07) is 20.0. The predicted octanol–water partition coefficient (Wildman–Crippen LogP) is 7.84. The van der Waals surface area contributed by atoms with Gasteiger partial charge < -0.3 is 15.1 Å². The third-order valence-corrected chi connectivity index (χ3v) is 12.8. The lowest BCUT2D eigenvalue weighted by atomic mass is 9.51. The molecule has 3 aliphatic carbocycles. The number of alkyl halides is 3. The zero-order chi connectivity index (χ0) is 32.6. The van der Waals surface area contributed by atoms with Crippen LogP contribution in [0.15, 0.2) is 66.7 Å². The summed E-state index contributed by atoms with van der Waals surface area (Å²) >= 11 is 0. The van der Waals surface area contributed by atoms with Gasteiger partial charge >= 0.3 is 6.18 Å². The molecule has 4 nitrogen and oxygen atoms in total. The topological polar surface area (TPSA) is 60.8 Å². The van der Waals surface area contributed by atoms with E-state index in [2.05, 4.69) is 49.2 Å². The van der Waals surface area contributed by atoms with Crippen molar-refractivity contribution in [2.24, 2.45) is 17.3 Å². The lowest BCUT2D eigenvalue weighted by molar-refractivity contribution is -0.137. The molecule has 3 aliphatic rings. The highest BCUT2D eigenvalue weighted by Gasteiger charge is 2.57. The minimum atomic E-state index is -4.36. The zero-order valence-corrected chi connectivity index (χ0v) is 27.6. The van der Waals surface area contributed by atoms with Gasteiger partial charge in [0, 0.05) is 28.9 Å². The van der Waals surface area contributed by atoms with E-state index in [9.17, 15) is 27.6 Å². The van der Waals surface area contributed by atoms with Gasteiger partial charge in [-0.3, -0.25) is 4.21 Å². The number of phenolic OH excluding ortho intramolecular Hbond substituents is 1. The Morgan fingerprint density at radius 1 is 0.957 bits per heavy atom. The fourth-order valence-electron chi connectivity index (χ4n) is 8.90. The SMILES string of the molecule is CN(CCCS(=O)Cc1ccc(C(F)(F)F)cc1)CCc1ccc([C@H]2CC3(C)C(O)CCC3C3CCc4cc(O)ccc4C32)cc1. The van der Waals surface area contributed by atoms with Crippen LogP contribution in [0, 0.1) is 17.3 Å². The molecule has 0 amide bonds. The van der Waals surface area contributed by atoms with Crippen LogP contribution in [-0.4, -0.2) is 51.3 Å². The van der Waals surface area contributed by atoms with Gasteiger partial charge in [-0.1, -0.05) is 49.4 Å². The number of hydrogen-bond donors (Lipinski definition) is 2. The van der Waals surface area contributed by atoms with Gasteiger partial charge in [0.2, 0.25) is 0 Å². The molecule has 46 heavy (non-hydrogen) atoms. The number of phenols is 1. The maximum atomic E-state index is 12.8. The molecule has 0 saturated heterocycles. The average molecular weight is 654 g/mol. The Labute approximate surface area is 273 Å². The van der Waals surface area contributed by atoms with Crippen molar-refractivity contribution in [1.29, 1.82) is 0 Å². The van der Waals surface area contributed by atoms with Gasteiger partial charge in [0.1, 0.15) is 5.75 Å². The number of halogens is 3. The van der Waals surface area contributed by atoms with E-state index < -0.39 is 22.5 Å². The molecular weight excluding hydrogens is 607 g/mol. The van der Waals surface area contributed by atoms with Crippen LogP contribution in [-0.2, 0) is 35.6 Å². The van der Waals surface area contributed by atoms with Crippen molar-refractivity contribution in [3.63, 3.8) is 0 Å². The van der Waals surface area contributed by atoms with Crippen LogP contribution in [0.3, 0.4) is 0 Å². The molecule has 2 fully saturated rings. The number of hydrogen-bond acceptors (Lipinski definition) is 4. The molecule has 8 heteroatoms. The second kappa shape index (κ2) is 13.4. The minimum absolute atomic E-state index is 0.0664. The number of aliphatic hydroxyl groups excluding tert-OH is 1. The second-order valence-electron chi connectivity index (χ2n) is 14.3. The van der Waals surface area contributed by atoms with Gasteiger partial charge in [0.25, 0.3) is 0 Å². The summed E-state index contributed by atoms with van der Waals surface area (Å²) in [4.78, 5) is 2.24. The smallest absolute Gasteiger partial charge is 0.416 e. The predicted molar refractivity (Wildman–Crippen MR) is 177 cm³/mol. The van der Waals surface area contributed by atoms with E-state index in [1.54, 1.807) is 0 Å². The van der Waals surface area contributed by atoms with Crippen molar-refractivity contribution < 1.29 is 27.6 Å². The Morgan fingerprint density at radius 2 is 1.67 bits per heavy atom. The van der Waals surface area contributed by atoms with Crippen molar-refractivity contribution in [1.82, 2.24) is 4.90 Å². The van der Waals surface area contributed by atoms with Crippen LogP contribution in [0.4, 0.5) is 13.2 Å². The van der Waals surface area contributed by atoms with Gasteiger partial charge in [-0.25, -0.2) is 0 Å². The molecule has 3 aromatic carbocycles. The van der Waals surface area contributed by atoms with Gasteiger partial charge in [0.05, 0.1) is 11.7 Å². The number of likely N-dealkylation sites (N-methyl/N-ethyl adjacent to an activating group) is 1. The van der Waals surface area contributed by atoms with Crippen LogP contribution < -0.4 is 0 Å². The van der Waals surface area contributed by atoms with Crippen molar-refractivity contribution in [2.75, 3.05) is 25.9 Å². The van der Waals surface area contributed by atoms with Crippen LogP contribution in [0.5, 0.6) is 5.75 Å². The Kier molecular flexibility index (Phi) is 9.71. The van der Waals surface area contributed by atoms with E-state index in [1.807, 2.05) is 12.1 Å². The van der Waals surface area contributed by atoms with Crippen LogP contribution >= 0.6 is 0 Å². The quantitative estimate of drug-likeness (QED) is 0.234. The first kappa shape index (κ1) is 33.2. The third-order valence-electron chi connectivity index (χ3n) is 11.4. The van der Waals surface area contributed by atoms with Gasteiger partial charge in [0.15, 0.2) is 0 Å². The number of aliphatic hydroxyl groups is 1. The molecule has 248 valence electrons. The molecule has 2 saturated carbocycles. The molecule has 3 aromatic rings. The molecule has 0 heterocycles. The first-order chi connectivity index (χ1) is 21.9. The van der Waals surface area contributed by atoms with E-state index in [0.717, 1.165) is 70.2 Å². The Morgan fingerprint density at radius 3 is 2.39 bits per heavy atom. The lowest BCUT2D eigenvalue weighted by Crippen LogP contribution is -2.47. The summed E-state index contributed by atoms with van der Waals surface area (Å²) in [7, 11) is 0.945. The number of benzene rings is 3. The number of nitrogens with zero attached hydrogens (tertiary/aromatic N) is 1. The molecule has 7 atom stereocenters. The van der Waals surface area contributed by atoms with Crippen LogP contribution in [0.2, 0.25) is 0 Å². The van der Waals surface area contributed by atoms with Crippen molar-refractivity contribution in [2.45, 2.75) is 81.7 Å². The summed E-state index contributed by atoms with van der Waals surface area (Å²) in [6.07, 6.45) is 2.11. The number of fused-ring (bicyclic) bond motifs is 5. The van der Waals surface area contributed by atoms with E-state index in [4.69, 9.17) is 0 Å². The average Bonchev–Trinajstić information content (AvgIpc) is 3.33. The summed E-state index contributed by atoms with van der Waals surface area (Å²) < 4.78 is 50.9. The number of rotatable bonds is 10. The molecule has 0 spiro atoms. The van der Waals surface area contributed by atoms with E-state index >= 15 is 0 Å². The normalized spacial score (nSPS) is 28.0. The molecule has 6 unspecified atom stereocenters. The van der Waals surface area contributed by atoms with Crippen molar-refractivity contribution >= 4 is 10.8 Å². The van der Waals surface area contributed by atoms with E-state index in [0.29, 0.717) is 40.7 Å². The third kappa shape index (κ3) is 6.95. The summed E-state index contributed by atoms with van der Waals surface area (Å²) in [5.74, 6) is 2.91. The maximum absolute atomic E-state index is 12.8. The molecule has 0 bridgehead atoms. The highest BCUT2D eigenvalue weighted by molar-refractivity contribution is 7.84. The molecule has 0 aliphatic heterocycles. The highest BCUT2D eigenvalue weighted by Crippen LogP contribution is 2.65. The molecule has 2 N–H and O–H groups in total. The maximum Gasteiger partial charge on any atom is 0.416 e. The second-order valence-corrected chi connectivity index (χ2v) is 15.8. The fraction of sp³-hybridized carbons (Fsp3) is 0.526. The van der Waals surface area contributed by atoms with Gasteiger partial charge in [-0.2, -0.15) is 13.2 Å². The Bertz CT molecular complexity index is 1530. The van der Waals surface area contributed by atoms with Crippen molar-refractivity contribution in [3.8, 4) is 5.75 Å². The Hall–Kier alpha value is -2.68. The highest BCUT2D eigenvalue weighted by atomic mass is 32.2. The number of aromatic hydroxyl groups is 1. The largest absolute Gasteiger partial charge is 0.508 e. The summed E-state index contributed by atoms with van der Waals surface area (Å²) in [5.41, 5.74) is 5.17. The first-order valence-corrected chi connectivity index (χ1v) is 18.2.